The lowest BCUT2D eigenvalue weighted by molar-refractivity contribution is 0.0734. The zero-order valence-corrected chi connectivity index (χ0v) is 19.3. The highest BCUT2D eigenvalue weighted by molar-refractivity contribution is 5.91. The Hall–Kier alpha value is -3.40. The van der Waals surface area contributed by atoms with E-state index in [1.165, 1.54) is 5.56 Å². The molecule has 0 amide bonds. The predicted molar refractivity (Wildman–Crippen MR) is 131 cm³/mol. The molecular formula is C28H31NO3. The summed E-state index contributed by atoms with van der Waals surface area (Å²) in [5, 5.41) is 0. The van der Waals surface area contributed by atoms with E-state index in [4.69, 9.17) is 9.47 Å². The van der Waals surface area contributed by atoms with E-state index in [1.807, 2.05) is 60.7 Å². The van der Waals surface area contributed by atoms with Crippen molar-refractivity contribution in [3.8, 4) is 11.5 Å². The quantitative estimate of drug-likeness (QED) is 0.166. The first kappa shape index (κ1) is 23.3. The number of hydrogen-bond donors (Lipinski definition) is 0. The van der Waals surface area contributed by atoms with Crippen molar-refractivity contribution in [2.75, 3.05) is 6.61 Å². The van der Waals surface area contributed by atoms with Gasteiger partial charge in [0.05, 0.1) is 17.9 Å². The van der Waals surface area contributed by atoms with Crippen LogP contribution < -0.4 is 9.47 Å². The van der Waals surface area contributed by atoms with Crippen molar-refractivity contribution < 1.29 is 14.3 Å². The standard InChI is InChI=1S/C28H31NO3/c1-5-6-19-31-25-15-7-21(8-16-25)20-29-24-13-17-26(18-14-24)32-27(30)22-9-11-23(12-10-22)28(2,3)4/h7-18,20H,5-6,19H2,1-4H3. The molecule has 0 aliphatic rings. The number of esters is 1. The summed E-state index contributed by atoms with van der Waals surface area (Å²) < 4.78 is 11.2. The second kappa shape index (κ2) is 10.8. The lowest BCUT2D eigenvalue weighted by atomic mass is 9.87. The normalized spacial score (nSPS) is 11.5. The van der Waals surface area contributed by atoms with Gasteiger partial charge in [-0.1, -0.05) is 46.2 Å². The smallest absolute Gasteiger partial charge is 0.343 e. The molecule has 3 aromatic carbocycles. The number of nitrogens with zero attached hydrogens (tertiary/aromatic N) is 1. The van der Waals surface area contributed by atoms with Gasteiger partial charge in [0.1, 0.15) is 11.5 Å². The molecule has 32 heavy (non-hydrogen) atoms. The number of ether oxygens (including phenoxy) is 2. The molecule has 0 bridgehead atoms. The van der Waals surface area contributed by atoms with Gasteiger partial charge in [-0.15, -0.1) is 0 Å². The van der Waals surface area contributed by atoms with Crippen molar-refractivity contribution in [1.82, 2.24) is 0 Å². The molecule has 0 aliphatic carbocycles. The molecule has 4 nitrogen and oxygen atoms in total. The van der Waals surface area contributed by atoms with Crippen molar-refractivity contribution in [1.29, 1.82) is 0 Å². The van der Waals surface area contributed by atoms with Crippen molar-refractivity contribution >= 4 is 17.9 Å². The zero-order valence-electron chi connectivity index (χ0n) is 19.3. The molecule has 4 heteroatoms. The van der Waals surface area contributed by atoms with Crippen LogP contribution in [0.2, 0.25) is 0 Å². The number of carbonyl (C=O) groups is 1. The van der Waals surface area contributed by atoms with Crippen molar-refractivity contribution in [3.05, 3.63) is 89.5 Å². The molecule has 166 valence electrons. The van der Waals surface area contributed by atoms with E-state index in [0.29, 0.717) is 11.3 Å². The van der Waals surface area contributed by atoms with Crippen molar-refractivity contribution in [2.45, 2.75) is 46.0 Å². The number of unbranched alkanes of at least 4 members (excludes halogenated alkanes) is 1. The minimum absolute atomic E-state index is 0.0449. The summed E-state index contributed by atoms with van der Waals surface area (Å²) in [5.41, 5.74) is 3.52. The van der Waals surface area contributed by atoms with Gasteiger partial charge in [0.25, 0.3) is 0 Å². The second-order valence-electron chi connectivity index (χ2n) is 8.74. The maximum Gasteiger partial charge on any atom is 0.343 e. The summed E-state index contributed by atoms with van der Waals surface area (Å²) in [4.78, 5) is 16.9. The van der Waals surface area contributed by atoms with E-state index in [2.05, 4.69) is 32.7 Å². The molecule has 3 aromatic rings. The summed E-state index contributed by atoms with van der Waals surface area (Å²) in [5.74, 6) is 0.986. The first-order valence-corrected chi connectivity index (χ1v) is 11.0. The van der Waals surface area contributed by atoms with Crippen LogP contribution in [0, 0.1) is 0 Å². The highest BCUT2D eigenvalue weighted by Crippen LogP contribution is 2.23. The van der Waals surface area contributed by atoms with Gasteiger partial charge in [0.15, 0.2) is 0 Å². The van der Waals surface area contributed by atoms with Crippen LogP contribution in [0.5, 0.6) is 11.5 Å². The summed E-state index contributed by atoms with van der Waals surface area (Å²) in [6, 6.07) is 22.6. The fourth-order valence-electron chi connectivity index (χ4n) is 3.01. The molecule has 0 aromatic heterocycles. The number of benzene rings is 3. The van der Waals surface area contributed by atoms with E-state index in [0.717, 1.165) is 36.4 Å². The maximum atomic E-state index is 12.4. The van der Waals surface area contributed by atoms with Crippen molar-refractivity contribution in [2.24, 2.45) is 4.99 Å². The van der Waals surface area contributed by atoms with Crippen LogP contribution in [0.15, 0.2) is 77.8 Å². The molecule has 0 aliphatic heterocycles. The van der Waals surface area contributed by atoms with Gasteiger partial charge in [-0.3, -0.25) is 4.99 Å². The average molecular weight is 430 g/mol. The van der Waals surface area contributed by atoms with Gasteiger partial charge in [-0.05, 0) is 83.6 Å². The number of aliphatic imine (C=N–C) groups is 1. The van der Waals surface area contributed by atoms with E-state index >= 15 is 0 Å². The van der Waals surface area contributed by atoms with Gasteiger partial charge in [-0.2, -0.15) is 0 Å². The predicted octanol–water partition coefficient (Wildman–Crippen LogP) is 7.13. The van der Waals surface area contributed by atoms with Gasteiger partial charge in [0, 0.05) is 6.21 Å². The topological polar surface area (TPSA) is 47.9 Å². The number of hydrogen-bond acceptors (Lipinski definition) is 4. The third kappa shape index (κ3) is 6.81. The van der Waals surface area contributed by atoms with Gasteiger partial charge < -0.3 is 9.47 Å². The third-order valence-electron chi connectivity index (χ3n) is 5.04. The Morgan fingerprint density at radius 1 is 0.875 bits per heavy atom. The molecule has 0 radical (unpaired) electrons. The molecular weight excluding hydrogens is 398 g/mol. The summed E-state index contributed by atoms with van der Waals surface area (Å²) >= 11 is 0. The van der Waals surface area contributed by atoms with E-state index in [1.54, 1.807) is 18.3 Å². The molecule has 3 rings (SSSR count). The van der Waals surface area contributed by atoms with Crippen LogP contribution in [0.25, 0.3) is 0 Å². The second-order valence-corrected chi connectivity index (χ2v) is 8.74. The molecule has 0 fully saturated rings. The van der Waals surface area contributed by atoms with Crippen LogP contribution >= 0.6 is 0 Å². The Bertz CT molecular complexity index is 1030. The highest BCUT2D eigenvalue weighted by Gasteiger charge is 2.15. The first-order valence-electron chi connectivity index (χ1n) is 11.0. The van der Waals surface area contributed by atoms with Crippen molar-refractivity contribution in [3.63, 3.8) is 0 Å². The SMILES string of the molecule is CCCCOc1ccc(C=Nc2ccc(OC(=O)c3ccc(C(C)(C)C)cc3)cc2)cc1. The molecule has 0 saturated carbocycles. The lowest BCUT2D eigenvalue weighted by Crippen LogP contribution is -2.12. The number of rotatable bonds is 8. The number of carbonyl (C=O) groups excluding carboxylic acids is 1. The van der Waals surface area contributed by atoms with Gasteiger partial charge in [0.2, 0.25) is 0 Å². The van der Waals surface area contributed by atoms with Crippen LogP contribution in [0.1, 0.15) is 62.0 Å². The largest absolute Gasteiger partial charge is 0.494 e. The molecule has 0 saturated heterocycles. The van der Waals surface area contributed by atoms with Gasteiger partial charge in [-0.25, -0.2) is 4.79 Å². The van der Waals surface area contributed by atoms with Crippen LogP contribution in [-0.4, -0.2) is 18.8 Å². The van der Waals surface area contributed by atoms with Crippen LogP contribution in [0.3, 0.4) is 0 Å². The zero-order chi connectivity index (χ0) is 23.0. The molecule has 0 heterocycles. The Morgan fingerprint density at radius 2 is 1.50 bits per heavy atom. The van der Waals surface area contributed by atoms with E-state index in [-0.39, 0.29) is 11.4 Å². The molecule has 0 atom stereocenters. The van der Waals surface area contributed by atoms with E-state index in [9.17, 15) is 4.79 Å². The lowest BCUT2D eigenvalue weighted by Gasteiger charge is -2.18. The average Bonchev–Trinajstić information content (AvgIpc) is 2.79. The van der Waals surface area contributed by atoms with Gasteiger partial charge >= 0.3 is 5.97 Å². The monoisotopic (exact) mass is 429 g/mol. The Balaban J connectivity index is 1.56. The fourth-order valence-corrected chi connectivity index (χ4v) is 3.01. The summed E-state index contributed by atoms with van der Waals surface area (Å²) in [6.45, 7) is 9.31. The minimum atomic E-state index is -0.372. The first-order chi connectivity index (χ1) is 15.3. The third-order valence-corrected chi connectivity index (χ3v) is 5.04. The molecule has 0 spiro atoms. The molecule has 0 N–H and O–H groups in total. The minimum Gasteiger partial charge on any atom is -0.494 e. The summed E-state index contributed by atoms with van der Waals surface area (Å²) in [6.07, 6.45) is 3.97. The Morgan fingerprint density at radius 3 is 2.09 bits per heavy atom. The highest BCUT2D eigenvalue weighted by atomic mass is 16.5. The van der Waals surface area contributed by atoms with Crippen LogP contribution in [0.4, 0.5) is 5.69 Å². The summed E-state index contributed by atoms with van der Waals surface area (Å²) in [7, 11) is 0. The fraction of sp³-hybridized carbons (Fsp3) is 0.286. The van der Waals surface area contributed by atoms with Crippen LogP contribution in [-0.2, 0) is 5.41 Å². The molecule has 0 unspecified atom stereocenters. The Labute approximate surface area is 190 Å². The van der Waals surface area contributed by atoms with E-state index < -0.39 is 0 Å². The Kier molecular flexibility index (Phi) is 7.82. The maximum absolute atomic E-state index is 12.4.